The van der Waals surface area contributed by atoms with Crippen LogP contribution < -0.4 is 10.1 Å². The number of hydrogen-bond acceptors (Lipinski definition) is 3. The van der Waals surface area contributed by atoms with Crippen LogP contribution in [0.15, 0.2) is 41.0 Å². The molecule has 2 aromatic rings. The first-order valence-electron chi connectivity index (χ1n) is 7.26. The summed E-state index contributed by atoms with van der Waals surface area (Å²) in [6.07, 6.45) is 2.83. The van der Waals surface area contributed by atoms with Crippen molar-refractivity contribution in [3.8, 4) is 5.75 Å². The van der Waals surface area contributed by atoms with E-state index in [1.165, 1.54) is 11.1 Å². The van der Waals surface area contributed by atoms with Crippen LogP contribution in [0.3, 0.4) is 0 Å². The van der Waals surface area contributed by atoms with E-state index in [2.05, 4.69) is 31.3 Å². The molecule has 3 nitrogen and oxygen atoms in total. The number of ether oxygens (including phenoxy) is 1. The van der Waals surface area contributed by atoms with Gasteiger partial charge in [0.25, 0.3) is 0 Å². The summed E-state index contributed by atoms with van der Waals surface area (Å²) in [5, 5.41) is 3.55. The Morgan fingerprint density at radius 2 is 2.10 bits per heavy atom. The fourth-order valence-corrected chi connectivity index (χ4v) is 2.28. The summed E-state index contributed by atoms with van der Waals surface area (Å²) in [7, 11) is 0. The van der Waals surface area contributed by atoms with E-state index >= 15 is 0 Å². The van der Waals surface area contributed by atoms with Gasteiger partial charge >= 0.3 is 0 Å². The average molecular weight is 273 g/mol. The molecule has 108 valence electrons. The first-order chi connectivity index (χ1) is 9.76. The zero-order valence-corrected chi connectivity index (χ0v) is 12.5. The fourth-order valence-electron chi connectivity index (χ4n) is 2.28. The van der Waals surface area contributed by atoms with Crippen molar-refractivity contribution >= 4 is 0 Å². The Morgan fingerprint density at radius 1 is 1.25 bits per heavy atom. The lowest BCUT2D eigenvalue weighted by atomic mass is 10.0. The van der Waals surface area contributed by atoms with Gasteiger partial charge in [0.1, 0.15) is 11.5 Å². The maximum atomic E-state index is 5.67. The molecule has 1 N–H and O–H groups in total. The first-order valence-corrected chi connectivity index (χ1v) is 7.26. The van der Waals surface area contributed by atoms with Crippen molar-refractivity contribution in [1.29, 1.82) is 0 Å². The Morgan fingerprint density at radius 3 is 2.75 bits per heavy atom. The quantitative estimate of drug-likeness (QED) is 0.825. The number of hydrogen-bond donors (Lipinski definition) is 1. The zero-order chi connectivity index (χ0) is 14.4. The second kappa shape index (κ2) is 7.15. The molecule has 1 atom stereocenters. The van der Waals surface area contributed by atoms with E-state index < -0.39 is 0 Å². The van der Waals surface area contributed by atoms with Crippen molar-refractivity contribution in [3.63, 3.8) is 0 Å². The van der Waals surface area contributed by atoms with Gasteiger partial charge in [0.15, 0.2) is 0 Å². The second-order valence-electron chi connectivity index (χ2n) is 4.86. The van der Waals surface area contributed by atoms with Gasteiger partial charge in [0, 0.05) is 0 Å². The van der Waals surface area contributed by atoms with Crippen molar-refractivity contribution in [2.75, 3.05) is 13.2 Å². The van der Waals surface area contributed by atoms with Gasteiger partial charge in [0.05, 0.1) is 18.9 Å². The molecule has 20 heavy (non-hydrogen) atoms. The van der Waals surface area contributed by atoms with E-state index in [-0.39, 0.29) is 6.04 Å². The Bertz CT molecular complexity index is 533. The molecule has 0 spiro atoms. The molecular weight excluding hydrogens is 250 g/mol. The highest BCUT2D eigenvalue weighted by molar-refractivity contribution is 5.36. The van der Waals surface area contributed by atoms with Gasteiger partial charge in [-0.2, -0.15) is 0 Å². The third-order valence-corrected chi connectivity index (χ3v) is 3.26. The molecule has 1 aromatic carbocycles. The Kier molecular flexibility index (Phi) is 5.24. The molecule has 0 saturated carbocycles. The summed E-state index contributed by atoms with van der Waals surface area (Å²) in [6, 6.07) is 10.3. The number of aryl methyl sites for hydroxylation is 1. The van der Waals surface area contributed by atoms with Crippen molar-refractivity contribution in [2.24, 2.45) is 0 Å². The van der Waals surface area contributed by atoms with Crippen LogP contribution in [0.2, 0.25) is 0 Å². The van der Waals surface area contributed by atoms with Gasteiger partial charge in [-0.05, 0) is 56.1 Å². The van der Waals surface area contributed by atoms with Crippen molar-refractivity contribution in [1.82, 2.24) is 5.32 Å². The molecule has 0 amide bonds. The second-order valence-corrected chi connectivity index (χ2v) is 4.86. The van der Waals surface area contributed by atoms with Crippen LogP contribution in [0.4, 0.5) is 0 Å². The van der Waals surface area contributed by atoms with E-state index in [0.29, 0.717) is 6.61 Å². The smallest absolute Gasteiger partial charge is 0.128 e. The molecule has 0 saturated heterocycles. The molecule has 0 radical (unpaired) electrons. The normalized spacial score (nSPS) is 12.3. The molecule has 1 aromatic heterocycles. The van der Waals surface area contributed by atoms with Crippen molar-refractivity contribution in [3.05, 3.63) is 53.5 Å². The van der Waals surface area contributed by atoms with Gasteiger partial charge in [-0.3, -0.25) is 0 Å². The third kappa shape index (κ3) is 3.42. The topological polar surface area (TPSA) is 34.4 Å². The van der Waals surface area contributed by atoms with Gasteiger partial charge in [-0.1, -0.05) is 19.1 Å². The molecule has 3 heteroatoms. The number of furan rings is 1. The maximum Gasteiger partial charge on any atom is 0.128 e. The third-order valence-electron chi connectivity index (χ3n) is 3.26. The zero-order valence-electron chi connectivity index (χ0n) is 12.5. The number of nitrogens with one attached hydrogen (secondary N) is 1. The molecule has 0 aliphatic heterocycles. The van der Waals surface area contributed by atoms with Gasteiger partial charge in [-0.15, -0.1) is 0 Å². The predicted octanol–water partition coefficient (Wildman–Crippen LogP) is 4.08. The standard InChI is InChI=1S/C17H23NO2/c1-4-10-18-16(17-13(3)9-11-20-17)14-7-6-8-15(12-14)19-5-2/h6-9,11-12,16,18H,4-5,10H2,1-3H3. The highest BCUT2D eigenvalue weighted by Gasteiger charge is 2.19. The van der Waals surface area contributed by atoms with E-state index in [1.807, 2.05) is 25.1 Å². The van der Waals surface area contributed by atoms with Crippen LogP contribution in [0.25, 0.3) is 0 Å². The monoisotopic (exact) mass is 273 g/mol. The van der Waals surface area contributed by atoms with E-state index in [4.69, 9.17) is 9.15 Å². The minimum atomic E-state index is 0.0744. The van der Waals surface area contributed by atoms with Crippen molar-refractivity contribution < 1.29 is 9.15 Å². The number of benzene rings is 1. The largest absolute Gasteiger partial charge is 0.494 e. The minimum absolute atomic E-state index is 0.0744. The average Bonchev–Trinajstić information content (AvgIpc) is 2.87. The minimum Gasteiger partial charge on any atom is -0.494 e. The Labute approximate surface area is 121 Å². The molecular formula is C17H23NO2. The summed E-state index contributed by atoms with van der Waals surface area (Å²) in [5.41, 5.74) is 2.34. The van der Waals surface area contributed by atoms with E-state index in [9.17, 15) is 0 Å². The molecule has 0 aliphatic carbocycles. The molecule has 1 heterocycles. The lowest BCUT2D eigenvalue weighted by Crippen LogP contribution is -2.23. The Hall–Kier alpha value is -1.74. The van der Waals surface area contributed by atoms with Crippen LogP contribution in [0.1, 0.15) is 43.2 Å². The van der Waals surface area contributed by atoms with Crippen LogP contribution in [-0.2, 0) is 0 Å². The lowest BCUT2D eigenvalue weighted by molar-refractivity contribution is 0.339. The molecule has 0 aliphatic rings. The molecule has 0 fully saturated rings. The van der Waals surface area contributed by atoms with E-state index in [1.54, 1.807) is 6.26 Å². The van der Waals surface area contributed by atoms with Gasteiger partial charge < -0.3 is 14.5 Å². The van der Waals surface area contributed by atoms with Crippen LogP contribution in [0, 0.1) is 6.92 Å². The van der Waals surface area contributed by atoms with Crippen LogP contribution in [0.5, 0.6) is 5.75 Å². The molecule has 0 bridgehead atoms. The van der Waals surface area contributed by atoms with Gasteiger partial charge in [0.2, 0.25) is 0 Å². The molecule has 2 rings (SSSR count). The number of rotatable bonds is 7. The highest BCUT2D eigenvalue weighted by Crippen LogP contribution is 2.28. The summed E-state index contributed by atoms with van der Waals surface area (Å²) < 4.78 is 11.3. The predicted molar refractivity (Wildman–Crippen MR) is 81.2 cm³/mol. The molecule has 1 unspecified atom stereocenters. The summed E-state index contributed by atoms with van der Waals surface area (Å²) >= 11 is 0. The lowest BCUT2D eigenvalue weighted by Gasteiger charge is -2.18. The fraction of sp³-hybridized carbons (Fsp3) is 0.412. The van der Waals surface area contributed by atoms with Crippen LogP contribution >= 0.6 is 0 Å². The Balaban J connectivity index is 2.31. The van der Waals surface area contributed by atoms with Crippen molar-refractivity contribution in [2.45, 2.75) is 33.2 Å². The van der Waals surface area contributed by atoms with E-state index in [0.717, 1.165) is 24.5 Å². The maximum absolute atomic E-state index is 5.67. The van der Waals surface area contributed by atoms with Crippen LogP contribution in [-0.4, -0.2) is 13.2 Å². The summed E-state index contributed by atoms with van der Waals surface area (Å²) in [5.74, 6) is 1.88. The summed E-state index contributed by atoms with van der Waals surface area (Å²) in [6.45, 7) is 7.86. The summed E-state index contributed by atoms with van der Waals surface area (Å²) in [4.78, 5) is 0. The van der Waals surface area contributed by atoms with Gasteiger partial charge in [-0.25, -0.2) is 0 Å². The highest BCUT2D eigenvalue weighted by atomic mass is 16.5. The first kappa shape index (κ1) is 14.7. The SMILES string of the molecule is CCCNC(c1cccc(OCC)c1)c1occc1C.